The van der Waals surface area contributed by atoms with Crippen molar-refractivity contribution in [2.45, 2.75) is 24.8 Å². The van der Waals surface area contributed by atoms with Gasteiger partial charge >= 0.3 is 0 Å². The molecule has 0 unspecified atom stereocenters. The van der Waals surface area contributed by atoms with E-state index >= 15 is 0 Å². The van der Waals surface area contributed by atoms with Gasteiger partial charge in [0.1, 0.15) is 0 Å². The summed E-state index contributed by atoms with van der Waals surface area (Å²) in [5, 5.41) is 7.63. The molecule has 0 fully saturated rings. The molecule has 7 heteroatoms. The maximum absolute atomic E-state index is 11.7. The maximum Gasteiger partial charge on any atom is 0.251 e. The molecule has 1 rings (SSSR count). The molecule has 19 heavy (non-hydrogen) atoms. The van der Waals surface area contributed by atoms with Gasteiger partial charge in [0.05, 0.1) is 17.6 Å². The van der Waals surface area contributed by atoms with E-state index in [0.29, 0.717) is 18.7 Å². The molecule has 3 N–H and O–H groups in total. The summed E-state index contributed by atoms with van der Waals surface area (Å²) in [5.74, 6) is -0.284. The van der Waals surface area contributed by atoms with Crippen molar-refractivity contribution in [3.63, 3.8) is 0 Å². The van der Waals surface area contributed by atoms with Gasteiger partial charge in [-0.1, -0.05) is 0 Å². The summed E-state index contributed by atoms with van der Waals surface area (Å²) in [6.07, 6.45) is 0.117. The molecule has 0 atom stereocenters. The molecule has 0 heterocycles. The van der Waals surface area contributed by atoms with Crippen LogP contribution < -0.4 is 10.5 Å². The van der Waals surface area contributed by atoms with Gasteiger partial charge in [0.25, 0.3) is 5.91 Å². The second-order valence-electron chi connectivity index (χ2n) is 4.24. The molecular formula is C12H18N2O4S. The van der Waals surface area contributed by atoms with Gasteiger partial charge < -0.3 is 10.1 Å². The Labute approximate surface area is 113 Å². The van der Waals surface area contributed by atoms with E-state index in [4.69, 9.17) is 9.88 Å². The van der Waals surface area contributed by atoms with Crippen LogP contribution in [0.15, 0.2) is 29.2 Å². The van der Waals surface area contributed by atoms with Gasteiger partial charge in [0.2, 0.25) is 10.0 Å². The molecule has 0 aliphatic heterocycles. The molecule has 1 aromatic carbocycles. The summed E-state index contributed by atoms with van der Waals surface area (Å²) in [6, 6.07) is 5.43. The third kappa shape index (κ3) is 5.37. The number of rotatable bonds is 6. The van der Waals surface area contributed by atoms with E-state index in [-0.39, 0.29) is 16.9 Å². The van der Waals surface area contributed by atoms with Crippen molar-refractivity contribution in [3.05, 3.63) is 29.8 Å². The van der Waals surface area contributed by atoms with Gasteiger partial charge in [0, 0.05) is 12.1 Å². The number of amides is 1. The quantitative estimate of drug-likeness (QED) is 0.743. The molecule has 106 valence electrons. The first-order valence-corrected chi connectivity index (χ1v) is 7.38. The third-order valence-corrected chi connectivity index (χ3v) is 3.21. The van der Waals surface area contributed by atoms with Gasteiger partial charge in [0.15, 0.2) is 0 Å². The van der Waals surface area contributed by atoms with Crippen molar-refractivity contribution < 1.29 is 17.9 Å². The zero-order valence-corrected chi connectivity index (χ0v) is 11.7. The van der Waals surface area contributed by atoms with E-state index < -0.39 is 10.0 Å². The summed E-state index contributed by atoms with van der Waals surface area (Å²) in [7, 11) is -3.73. The van der Waals surface area contributed by atoms with Crippen molar-refractivity contribution in [2.24, 2.45) is 5.14 Å². The Kier molecular flexibility index (Phi) is 5.46. The minimum absolute atomic E-state index is 0.0211. The van der Waals surface area contributed by atoms with Gasteiger partial charge in [-0.15, -0.1) is 0 Å². The fraction of sp³-hybridized carbons (Fsp3) is 0.417. The molecule has 0 aromatic heterocycles. The summed E-state index contributed by atoms with van der Waals surface area (Å²) in [5.41, 5.74) is 0.372. The number of hydrogen-bond acceptors (Lipinski definition) is 4. The average molecular weight is 286 g/mol. The molecule has 0 spiro atoms. The lowest BCUT2D eigenvalue weighted by Gasteiger charge is -2.08. The van der Waals surface area contributed by atoms with Crippen LogP contribution in [-0.2, 0) is 14.8 Å². The van der Waals surface area contributed by atoms with E-state index in [1.54, 1.807) is 0 Å². The Morgan fingerprint density at radius 3 is 2.37 bits per heavy atom. The molecule has 0 bridgehead atoms. The van der Waals surface area contributed by atoms with Crippen molar-refractivity contribution in [2.75, 3.05) is 13.2 Å². The van der Waals surface area contributed by atoms with E-state index in [1.165, 1.54) is 24.3 Å². The molecule has 6 nitrogen and oxygen atoms in total. The first-order chi connectivity index (χ1) is 8.80. The lowest BCUT2D eigenvalue weighted by Crippen LogP contribution is -2.28. The lowest BCUT2D eigenvalue weighted by molar-refractivity contribution is 0.0746. The van der Waals surface area contributed by atoms with Crippen LogP contribution in [0.5, 0.6) is 0 Å². The topological polar surface area (TPSA) is 98.5 Å². The highest BCUT2D eigenvalue weighted by molar-refractivity contribution is 7.89. The molecule has 0 saturated heterocycles. The first kappa shape index (κ1) is 15.6. The highest BCUT2D eigenvalue weighted by Crippen LogP contribution is 2.08. The van der Waals surface area contributed by atoms with Crippen LogP contribution in [0.2, 0.25) is 0 Å². The lowest BCUT2D eigenvalue weighted by atomic mass is 10.2. The second-order valence-corrected chi connectivity index (χ2v) is 5.81. The van der Waals surface area contributed by atoms with Gasteiger partial charge in [-0.25, -0.2) is 13.6 Å². The molecule has 0 aliphatic carbocycles. The number of primary sulfonamides is 1. The largest absolute Gasteiger partial charge is 0.377 e. The smallest absolute Gasteiger partial charge is 0.251 e. The van der Waals surface area contributed by atoms with E-state index in [0.717, 1.165) is 0 Å². The van der Waals surface area contributed by atoms with Crippen LogP contribution in [0.25, 0.3) is 0 Å². The molecular weight excluding hydrogens is 268 g/mol. The highest BCUT2D eigenvalue weighted by atomic mass is 32.2. The Balaban J connectivity index is 2.54. The molecule has 0 radical (unpaired) electrons. The number of nitrogens with one attached hydrogen (secondary N) is 1. The van der Waals surface area contributed by atoms with E-state index in [9.17, 15) is 13.2 Å². The summed E-state index contributed by atoms with van der Waals surface area (Å²) < 4.78 is 27.4. The fourth-order valence-corrected chi connectivity index (χ4v) is 1.87. The van der Waals surface area contributed by atoms with Crippen LogP contribution >= 0.6 is 0 Å². The van der Waals surface area contributed by atoms with E-state index in [2.05, 4.69) is 5.32 Å². The fourth-order valence-electron chi connectivity index (χ4n) is 1.36. The maximum atomic E-state index is 11.7. The highest BCUT2D eigenvalue weighted by Gasteiger charge is 2.09. The number of benzene rings is 1. The minimum Gasteiger partial charge on any atom is -0.377 e. The zero-order chi connectivity index (χ0) is 14.5. The molecule has 1 aromatic rings. The Hall–Kier alpha value is -1.44. The van der Waals surface area contributed by atoms with Gasteiger partial charge in [-0.05, 0) is 38.1 Å². The Morgan fingerprint density at radius 2 is 1.89 bits per heavy atom. The standard InChI is InChI=1S/C12H18N2O4S/c1-9(2)18-8-7-14-12(15)10-3-5-11(6-4-10)19(13,16)17/h3-6,9H,7-8H2,1-2H3,(H,14,15)(H2,13,16,17). The van der Waals surface area contributed by atoms with Crippen LogP contribution in [0.1, 0.15) is 24.2 Å². The zero-order valence-electron chi connectivity index (χ0n) is 10.9. The van der Waals surface area contributed by atoms with Crippen molar-refractivity contribution >= 4 is 15.9 Å². The van der Waals surface area contributed by atoms with Crippen LogP contribution in [0.3, 0.4) is 0 Å². The van der Waals surface area contributed by atoms with Crippen molar-refractivity contribution in [3.8, 4) is 0 Å². The molecule has 1 amide bonds. The van der Waals surface area contributed by atoms with Gasteiger partial charge in [-0.3, -0.25) is 4.79 Å². The monoisotopic (exact) mass is 286 g/mol. The Morgan fingerprint density at radius 1 is 1.32 bits per heavy atom. The average Bonchev–Trinajstić information content (AvgIpc) is 2.33. The first-order valence-electron chi connectivity index (χ1n) is 5.83. The molecule has 0 saturated carbocycles. The van der Waals surface area contributed by atoms with E-state index in [1.807, 2.05) is 13.8 Å². The number of nitrogens with two attached hydrogens (primary N) is 1. The summed E-state index contributed by atoms with van der Waals surface area (Å²) in [6.45, 7) is 4.65. The molecule has 0 aliphatic rings. The number of carbonyl (C=O) groups excluding carboxylic acids is 1. The number of carbonyl (C=O) groups is 1. The van der Waals surface area contributed by atoms with Crippen molar-refractivity contribution in [1.82, 2.24) is 5.32 Å². The number of hydrogen-bond donors (Lipinski definition) is 2. The van der Waals surface area contributed by atoms with Gasteiger partial charge in [-0.2, -0.15) is 0 Å². The van der Waals surface area contributed by atoms with Crippen LogP contribution in [0.4, 0.5) is 0 Å². The Bertz CT molecular complexity index is 523. The van der Waals surface area contributed by atoms with Crippen LogP contribution in [0, 0.1) is 0 Å². The second kappa shape index (κ2) is 6.65. The normalized spacial score (nSPS) is 11.6. The van der Waals surface area contributed by atoms with Crippen LogP contribution in [-0.4, -0.2) is 33.6 Å². The minimum atomic E-state index is -3.73. The van der Waals surface area contributed by atoms with Crippen molar-refractivity contribution in [1.29, 1.82) is 0 Å². The SMILES string of the molecule is CC(C)OCCNC(=O)c1ccc(S(N)(=O)=O)cc1. The third-order valence-electron chi connectivity index (χ3n) is 2.28. The predicted molar refractivity (Wildman–Crippen MR) is 71.2 cm³/mol. The number of sulfonamides is 1. The predicted octanol–water partition coefficient (Wildman–Crippen LogP) is 0.489. The summed E-state index contributed by atoms with van der Waals surface area (Å²) >= 11 is 0. The summed E-state index contributed by atoms with van der Waals surface area (Å²) in [4.78, 5) is 11.7. The number of ether oxygens (including phenoxy) is 1.